The lowest BCUT2D eigenvalue weighted by atomic mass is 9.88. The van der Waals surface area contributed by atoms with Crippen LogP contribution in [0.15, 0.2) is 78.9 Å². The lowest BCUT2D eigenvalue weighted by Gasteiger charge is -2.21. The molecule has 0 aliphatic carbocycles. The molecule has 0 fully saturated rings. The van der Waals surface area contributed by atoms with Crippen molar-refractivity contribution in [3.8, 4) is 11.5 Å². The lowest BCUT2D eigenvalue weighted by molar-refractivity contribution is -0.159. The second-order valence-corrected chi connectivity index (χ2v) is 8.63. The number of carboxylic acids is 2. The Hall–Kier alpha value is -4.37. The van der Waals surface area contributed by atoms with Crippen LogP contribution in [-0.2, 0) is 14.4 Å². The fourth-order valence-electron chi connectivity index (χ4n) is 4.01. The Morgan fingerprint density at radius 1 is 0.789 bits per heavy atom. The summed E-state index contributed by atoms with van der Waals surface area (Å²) in [7, 11) is 0. The summed E-state index contributed by atoms with van der Waals surface area (Å²) in [6.07, 6.45) is 0.845. The molecule has 1 unspecified atom stereocenters. The first-order valence-corrected chi connectivity index (χ1v) is 12.3. The topological polar surface area (TPSA) is 134 Å². The van der Waals surface area contributed by atoms with Crippen LogP contribution in [-0.4, -0.2) is 54.4 Å². The minimum absolute atomic E-state index is 0.00531. The lowest BCUT2D eigenvalue weighted by Crippen LogP contribution is -2.36. The molecule has 38 heavy (non-hydrogen) atoms. The zero-order chi connectivity index (χ0) is 27.3. The van der Waals surface area contributed by atoms with Crippen molar-refractivity contribution >= 4 is 17.8 Å². The van der Waals surface area contributed by atoms with E-state index < -0.39 is 11.9 Å². The van der Waals surface area contributed by atoms with E-state index in [-0.39, 0.29) is 24.4 Å². The van der Waals surface area contributed by atoms with E-state index in [0.717, 1.165) is 23.5 Å². The first-order chi connectivity index (χ1) is 18.3. The van der Waals surface area contributed by atoms with Crippen molar-refractivity contribution in [2.45, 2.75) is 25.3 Å². The maximum Gasteiger partial charge on any atom is 0.414 e. The van der Waals surface area contributed by atoms with Crippen LogP contribution in [0.25, 0.3) is 0 Å². The number of benzene rings is 3. The summed E-state index contributed by atoms with van der Waals surface area (Å²) >= 11 is 0. The Balaban J connectivity index is 0.000000599. The van der Waals surface area contributed by atoms with E-state index in [0.29, 0.717) is 19.8 Å². The molecule has 9 heteroatoms. The van der Waals surface area contributed by atoms with Crippen molar-refractivity contribution in [3.63, 3.8) is 0 Å². The normalized spacial score (nSPS) is 12.6. The third-order valence-corrected chi connectivity index (χ3v) is 5.98. The van der Waals surface area contributed by atoms with Crippen molar-refractivity contribution in [1.82, 2.24) is 10.6 Å². The summed E-state index contributed by atoms with van der Waals surface area (Å²) < 4.78 is 11.2. The number of fused-ring (bicyclic) bond motifs is 1. The summed E-state index contributed by atoms with van der Waals surface area (Å²) in [5, 5.41) is 21.1. The van der Waals surface area contributed by atoms with Gasteiger partial charge in [0, 0.05) is 18.5 Å². The number of rotatable bonds is 9. The van der Waals surface area contributed by atoms with Crippen LogP contribution in [0.4, 0.5) is 0 Å². The van der Waals surface area contributed by atoms with Gasteiger partial charge >= 0.3 is 11.9 Å². The summed E-state index contributed by atoms with van der Waals surface area (Å²) in [4.78, 5) is 30.6. The maximum absolute atomic E-state index is 12.4. The summed E-state index contributed by atoms with van der Waals surface area (Å²) in [6.45, 7) is 4.06. The summed E-state index contributed by atoms with van der Waals surface area (Å²) in [5.41, 5.74) is 3.59. The monoisotopic (exact) mass is 520 g/mol. The third kappa shape index (κ3) is 8.63. The SMILES string of the molecule is CC(NCC(=O)NCCC(c1ccccc1)c1ccccc1)c1ccc2c(c1)OCCO2.O=C(O)C(=O)O. The van der Waals surface area contributed by atoms with Gasteiger partial charge in [0.05, 0.1) is 6.54 Å². The highest BCUT2D eigenvalue weighted by Gasteiger charge is 2.16. The van der Waals surface area contributed by atoms with E-state index in [2.05, 4.69) is 59.2 Å². The molecule has 0 aromatic heterocycles. The van der Waals surface area contributed by atoms with E-state index in [1.54, 1.807) is 0 Å². The minimum atomic E-state index is -1.82. The van der Waals surface area contributed by atoms with Crippen LogP contribution in [0.1, 0.15) is 42.0 Å². The van der Waals surface area contributed by atoms with Crippen LogP contribution >= 0.6 is 0 Å². The van der Waals surface area contributed by atoms with Gasteiger partial charge in [0.25, 0.3) is 0 Å². The maximum atomic E-state index is 12.4. The highest BCUT2D eigenvalue weighted by atomic mass is 16.6. The van der Waals surface area contributed by atoms with Crippen molar-refractivity contribution < 1.29 is 34.1 Å². The minimum Gasteiger partial charge on any atom is -0.486 e. The summed E-state index contributed by atoms with van der Waals surface area (Å²) in [6, 6.07) is 26.8. The molecular formula is C29H32N2O7. The van der Waals surface area contributed by atoms with E-state index >= 15 is 0 Å². The number of hydrogen-bond acceptors (Lipinski definition) is 6. The van der Waals surface area contributed by atoms with Gasteiger partial charge in [-0.25, -0.2) is 9.59 Å². The van der Waals surface area contributed by atoms with Gasteiger partial charge in [0.1, 0.15) is 13.2 Å². The van der Waals surface area contributed by atoms with Gasteiger partial charge in [0.2, 0.25) is 5.91 Å². The number of hydrogen-bond donors (Lipinski definition) is 4. The van der Waals surface area contributed by atoms with Gasteiger partial charge in [-0.15, -0.1) is 0 Å². The van der Waals surface area contributed by atoms with Crippen LogP contribution in [0, 0.1) is 0 Å². The van der Waals surface area contributed by atoms with Crippen LogP contribution in [0.3, 0.4) is 0 Å². The average Bonchev–Trinajstić information content (AvgIpc) is 2.95. The van der Waals surface area contributed by atoms with Gasteiger partial charge in [-0.2, -0.15) is 0 Å². The fourth-order valence-corrected chi connectivity index (χ4v) is 4.01. The highest BCUT2D eigenvalue weighted by molar-refractivity contribution is 6.27. The molecule has 1 aliphatic heterocycles. The standard InChI is InChI=1S/C27H30N2O3.C2H2O4/c1-20(23-12-13-25-26(18-23)32-17-16-31-25)29-19-27(30)28-15-14-24(21-8-4-2-5-9-21)22-10-6-3-7-11-22;3-1(4)2(5)6/h2-13,18,20,24,29H,14-17,19H2,1H3,(H,28,30);(H,3,4)(H,5,6). The zero-order valence-electron chi connectivity index (χ0n) is 21.1. The molecule has 3 aromatic rings. The molecule has 0 saturated heterocycles. The predicted molar refractivity (Wildman–Crippen MR) is 141 cm³/mol. The Kier molecular flexibility index (Phi) is 10.7. The molecule has 1 heterocycles. The first-order valence-electron chi connectivity index (χ1n) is 12.3. The molecule has 0 saturated carbocycles. The molecule has 1 atom stereocenters. The quantitative estimate of drug-likeness (QED) is 0.315. The van der Waals surface area contributed by atoms with Crippen molar-refractivity contribution in [2.75, 3.05) is 26.3 Å². The zero-order valence-corrected chi connectivity index (χ0v) is 21.1. The largest absolute Gasteiger partial charge is 0.486 e. The summed E-state index contributed by atoms with van der Waals surface area (Å²) in [5.74, 6) is -1.86. The van der Waals surface area contributed by atoms with E-state index in [1.165, 1.54) is 11.1 Å². The van der Waals surface area contributed by atoms with Crippen molar-refractivity contribution in [3.05, 3.63) is 95.6 Å². The molecule has 0 radical (unpaired) electrons. The van der Waals surface area contributed by atoms with Gasteiger partial charge in [-0.3, -0.25) is 4.79 Å². The van der Waals surface area contributed by atoms with Crippen LogP contribution in [0.5, 0.6) is 11.5 Å². The molecule has 9 nitrogen and oxygen atoms in total. The van der Waals surface area contributed by atoms with Gasteiger partial charge < -0.3 is 30.3 Å². The second kappa shape index (κ2) is 14.4. The number of ether oxygens (including phenoxy) is 2. The third-order valence-electron chi connectivity index (χ3n) is 5.98. The molecule has 200 valence electrons. The predicted octanol–water partition coefficient (Wildman–Crippen LogP) is 3.60. The van der Waals surface area contributed by atoms with Crippen molar-refractivity contribution in [2.24, 2.45) is 0 Å². The number of aliphatic carboxylic acids is 2. The Labute approximate surface area is 221 Å². The molecule has 0 bridgehead atoms. The smallest absolute Gasteiger partial charge is 0.414 e. The number of carbonyl (C=O) groups is 3. The molecule has 4 N–H and O–H groups in total. The highest BCUT2D eigenvalue weighted by Crippen LogP contribution is 2.32. The average molecular weight is 521 g/mol. The molecule has 0 spiro atoms. The Morgan fingerprint density at radius 3 is 1.89 bits per heavy atom. The van der Waals surface area contributed by atoms with Gasteiger partial charge in [-0.05, 0) is 42.2 Å². The Bertz CT molecular complexity index is 1150. The van der Waals surface area contributed by atoms with Gasteiger partial charge in [-0.1, -0.05) is 66.7 Å². The first kappa shape index (κ1) is 28.2. The fraction of sp³-hybridized carbons (Fsp3) is 0.276. The van der Waals surface area contributed by atoms with Crippen molar-refractivity contribution in [1.29, 1.82) is 0 Å². The molecule has 4 rings (SSSR count). The second-order valence-electron chi connectivity index (χ2n) is 8.63. The van der Waals surface area contributed by atoms with Gasteiger partial charge in [0.15, 0.2) is 11.5 Å². The van der Waals surface area contributed by atoms with Crippen LogP contribution < -0.4 is 20.1 Å². The number of carbonyl (C=O) groups excluding carboxylic acids is 1. The number of carboxylic acid groups (broad SMARTS) is 2. The molecule has 3 aromatic carbocycles. The van der Waals surface area contributed by atoms with E-state index in [1.807, 2.05) is 37.3 Å². The number of amides is 1. The number of nitrogens with one attached hydrogen (secondary N) is 2. The Morgan fingerprint density at radius 2 is 1.34 bits per heavy atom. The molecule has 1 amide bonds. The van der Waals surface area contributed by atoms with Crippen LogP contribution in [0.2, 0.25) is 0 Å². The van der Waals surface area contributed by atoms with E-state index in [9.17, 15) is 4.79 Å². The molecule has 1 aliphatic rings. The molecular weight excluding hydrogens is 488 g/mol. The van der Waals surface area contributed by atoms with E-state index in [4.69, 9.17) is 29.3 Å².